The van der Waals surface area contributed by atoms with Crippen LogP contribution >= 0.6 is 11.3 Å². The first-order valence-electron chi connectivity index (χ1n) is 5.36. The van der Waals surface area contributed by atoms with Crippen molar-refractivity contribution in [3.05, 3.63) is 22.4 Å². The highest BCUT2D eigenvalue weighted by Gasteiger charge is 2.20. The third kappa shape index (κ3) is 4.77. The summed E-state index contributed by atoms with van der Waals surface area (Å²) in [6.45, 7) is 8.17. The predicted molar refractivity (Wildman–Crippen MR) is 66.5 cm³/mol. The molecule has 0 aliphatic rings. The van der Waals surface area contributed by atoms with E-state index in [4.69, 9.17) is 4.74 Å². The molecule has 1 aromatic heterocycles. The molecule has 0 aliphatic carbocycles. The van der Waals surface area contributed by atoms with E-state index in [9.17, 15) is 4.79 Å². The summed E-state index contributed by atoms with van der Waals surface area (Å²) in [5.74, 6) is -0.0664. The first-order chi connectivity index (χ1) is 7.38. The van der Waals surface area contributed by atoms with Gasteiger partial charge in [-0.1, -0.05) is 6.07 Å². The minimum Gasteiger partial charge on any atom is -0.363 e. The first kappa shape index (κ1) is 13.2. The first-order valence-corrected chi connectivity index (χ1v) is 6.24. The van der Waals surface area contributed by atoms with E-state index in [0.717, 1.165) is 4.88 Å². The van der Waals surface area contributed by atoms with Crippen LogP contribution in [-0.2, 0) is 16.1 Å². The standard InChI is InChI=1S/C12H19NO2S/c1-9(15-12(2,3)4)11(14)13-8-10-6-5-7-16-10/h5-7,9H,8H2,1-4H3,(H,13,14). The fourth-order valence-corrected chi connectivity index (χ4v) is 1.96. The summed E-state index contributed by atoms with van der Waals surface area (Å²) in [6, 6.07) is 3.97. The van der Waals surface area contributed by atoms with Crippen LogP contribution in [-0.4, -0.2) is 17.6 Å². The maximum atomic E-state index is 11.7. The van der Waals surface area contributed by atoms with Gasteiger partial charge in [-0.2, -0.15) is 0 Å². The summed E-state index contributed by atoms with van der Waals surface area (Å²) < 4.78 is 5.56. The Bertz CT molecular complexity index is 327. The zero-order valence-electron chi connectivity index (χ0n) is 10.2. The molecule has 0 saturated heterocycles. The molecular formula is C12H19NO2S. The van der Waals surface area contributed by atoms with Crippen molar-refractivity contribution in [2.75, 3.05) is 0 Å². The second-order valence-electron chi connectivity index (χ2n) is 4.67. The summed E-state index contributed by atoms with van der Waals surface area (Å²) in [5, 5.41) is 4.85. The number of carbonyl (C=O) groups is 1. The number of thiophene rings is 1. The third-order valence-corrected chi connectivity index (χ3v) is 2.79. The molecule has 1 aromatic rings. The lowest BCUT2D eigenvalue weighted by Crippen LogP contribution is -2.38. The zero-order valence-corrected chi connectivity index (χ0v) is 11.1. The second-order valence-corrected chi connectivity index (χ2v) is 5.70. The van der Waals surface area contributed by atoms with E-state index in [1.165, 1.54) is 0 Å². The Morgan fingerprint density at radius 1 is 1.56 bits per heavy atom. The van der Waals surface area contributed by atoms with Gasteiger partial charge in [0.05, 0.1) is 12.1 Å². The highest BCUT2D eigenvalue weighted by molar-refractivity contribution is 7.09. The van der Waals surface area contributed by atoms with Crippen LogP contribution in [0.5, 0.6) is 0 Å². The van der Waals surface area contributed by atoms with Gasteiger partial charge in [0, 0.05) is 4.88 Å². The van der Waals surface area contributed by atoms with Gasteiger partial charge < -0.3 is 10.1 Å². The van der Waals surface area contributed by atoms with Gasteiger partial charge in [0.1, 0.15) is 6.10 Å². The number of ether oxygens (including phenoxy) is 1. The molecule has 0 fully saturated rings. The van der Waals surface area contributed by atoms with Crippen molar-refractivity contribution in [2.24, 2.45) is 0 Å². The van der Waals surface area contributed by atoms with Gasteiger partial charge in [-0.25, -0.2) is 0 Å². The zero-order chi connectivity index (χ0) is 12.2. The summed E-state index contributed by atoms with van der Waals surface area (Å²) in [6.07, 6.45) is -0.417. The normalized spacial score (nSPS) is 13.5. The highest BCUT2D eigenvalue weighted by atomic mass is 32.1. The highest BCUT2D eigenvalue weighted by Crippen LogP contribution is 2.11. The topological polar surface area (TPSA) is 38.3 Å². The Hall–Kier alpha value is -0.870. The molecule has 0 spiro atoms. The van der Waals surface area contributed by atoms with Crippen LogP contribution < -0.4 is 5.32 Å². The third-order valence-electron chi connectivity index (χ3n) is 1.92. The van der Waals surface area contributed by atoms with Crippen LogP contribution in [0, 0.1) is 0 Å². The summed E-state index contributed by atoms with van der Waals surface area (Å²) in [5.41, 5.74) is -0.292. The number of amides is 1. The van der Waals surface area contributed by atoms with Crippen molar-refractivity contribution >= 4 is 17.2 Å². The SMILES string of the molecule is CC(OC(C)(C)C)C(=O)NCc1cccs1. The molecule has 1 N–H and O–H groups in total. The Kier molecular flexibility index (Phi) is 4.50. The second kappa shape index (κ2) is 5.46. The van der Waals surface area contributed by atoms with Crippen LogP contribution in [0.3, 0.4) is 0 Å². The molecule has 0 radical (unpaired) electrons. The minimum absolute atomic E-state index is 0.0664. The maximum Gasteiger partial charge on any atom is 0.249 e. The maximum absolute atomic E-state index is 11.7. The number of hydrogen-bond acceptors (Lipinski definition) is 3. The summed E-state index contributed by atoms with van der Waals surface area (Å²) >= 11 is 1.63. The molecule has 1 atom stereocenters. The molecule has 1 unspecified atom stereocenters. The van der Waals surface area contributed by atoms with Gasteiger partial charge in [-0.15, -0.1) is 11.3 Å². The average Bonchev–Trinajstić information content (AvgIpc) is 2.63. The molecule has 0 aromatic carbocycles. The molecule has 1 heterocycles. The van der Waals surface area contributed by atoms with Gasteiger partial charge in [0.25, 0.3) is 0 Å². The van der Waals surface area contributed by atoms with Crippen LogP contribution in [0.4, 0.5) is 0 Å². The van der Waals surface area contributed by atoms with E-state index >= 15 is 0 Å². The number of rotatable bonds is 4. The fraction of sp³-hybridized carbons (Fsp3) is 0.583. The average molecular weight is 241 g/mol. The monoisotopic (exact) mass is 241 g/mol. The van der Waals surface area contributed by atoms with Crippen molar-refractivity contribution < 1.29 is 9.53 Å². The van der Waals surface area contributed by atoms with Gasteiger partial charge in [-0.3, -0.25) is 4.79 Å². The van der Waals surface area contributed by atoms with Crippen molar-refractivity contribution in [1.29, 1.82) is 0 Å². The smallest absolute Gasteiger partial charge is 0.249 e. The Labute approximate surface area is 101 Å². The lowest BCUT2D eigenvalue weighted by Gasteiger charge is -2.24. The van der Waals surface area contributed by atoms with E-state index in [2.05, 4.69) is 5.32 Å². The molecule has 0 bridgehead atoms. The van der Waals surface area contributed by atoms with Gasteiger partial charge in [-0.05, 0) is 39.1 Å². The van der Waals surface area contributed by atoms with Crippen molar-refractivity contribution in [3.8, 4) is 0 Å². The Balaban J connectivity index is 2.35. The van der Waals surface area contributed by atoms with Crippen molar-refractivity contribution in [2.45, 2.75) is 45.9 Å². The van der Waals surface area contributed by atoms with E-state index in [1.54, 1.807) is 18.3 Å². The molecule has 1 rings (SSSR count). The molecular weight excluding hydrogens is 222 g/mol. The number of nitrogens with one attached hydrogen (secondary N) is 1. The number of hydrogen-bond donors (Lipinski definition) is 1. The lowest BCUT2D eigenvalue weighted by atomic mass is 10.2. The minimum atomic E-state index is -0.417. The van der Waals surface area contributed by atoms with E-state index in [0.29, 0.717) is 6.54 Å². The fourth-order valence-electron chi connectivity index (χ4n) is 1.31. The molecule has 1 amide bonds. The summed E-state index contributed by atoms with van der Waals surface area (Å²) in [7, 11) is 0. The van der Waals surface area contributed by atoms with Gasteiger partial charge >= 0.3 is 0 Å². The van der Waals surface area contributed by atoms with Gasteiger partial charge in [0.15, 0.2) is 0 Å². The van der Waals surface area contributed by atoms with Crippen LogP contribution in [0.1, 0.15) is 32.6 Å². The van der Waals surface area contributed by atoms with E-state index < -0.39 is 6.10 Å². The van der Waals surface area contributed by atoms with E-state index in [1.807, 2.05) is 38.3 Å². The van der Waals surface area contributed by atoms with Crippen LogP contribution in [0.2, 0.25) is 0 Å². The molecule has 0 aliphatic heterocycles. The van der Waals surface area contributed by atoms with Crippen LogP contribution in [0.25, 0.3) is 0 Å². The van der Waals surface area contributed by atoms with Gasteiger partial charge in [0.2, 0.25) is 5.91 Å². The molecule has 90 valence electrons. The van der Waals surface area contributed by atoms with Crippen molar-refractivity contribution in [3.63, 3.8) is 0 Å². The molecule has 16 heavy (non-hydrogen) atoms. The molecule has 3 nitrogen and oxygen atoms in total. The predicted octanol–water partition coefficient (Wildman–Crippen LogP) is 2.57. The Morgan fingerprint density at radius 3 is 2.75 bits per heavy atom. The van der Waals surface area contributed by atoms with Crippen molar-refractivity contribution in [1.82, 2.24) is 5.32 Å². The number of carbonyl (C=O) groups excluding carboxylic acids is 1. The quantitative estimate of drug-likeness (QED) is 0.880. The Morgan fingerprint density at radius 2 is 2.25 bits per heavy atom. The molecule has 0 saturated carbocycles. The summed E-state index contributed by atoms with van der Waals surface area (Å²) in [4.78, 5) is 12.8. The lowest BCUT2D eigenvalue weighted by molar-refractivity contribution is -0.140. The largest absolute Gasteiger partial charge is 0.363 e. The molecule has 4 heteroatoms. The van der Waals surface area contributed by atoms with Crippen LogP contribution in [0.15, 0.2) is 17.5 Å². The van der Waals surface area contributed by atoms with E-state index in [-0.39, 0.29) is 11.5 Å².